The van der Waals surface area contributed by atoms with Crippen LogP contribution in [0.1, 0.15) is 32.3 Å². The van der Waals surface area contributed by atoms with E-state index in [0.29, 0.717) is 16.1 Å². The van der Waals surface area contributed by atoms with Crippen molar-refractivity contribution < 1.29 is 0 Å². The smallest absolute Gasteiger partial charge is 0.0595 e. The Kier molecular flexibility index (Phi) is 6.16. The van der Waals surface area contributed by atoms with E-state index in [-0.39, 0.29) is 0 Å². The molecule has 4 heteroatoms. The summed E-state index contributed by atoms with van der Waals surface area (Å²) in [6, 6.07) is 6.53. The molecular formula is C16H24Cl2N2. The SMILES string of the molecule is CC(C)NCC1CCN(Cc2ccc(Cl)c(Cl)c2)CC1. The maximum atomic E-state index is 6.07. The molecule has 0 aromatic heterocycles. The fourth-order valence-corrected chi connectivity index (χ4v) is 2.97. The van der Waals surface area contributed by atoms with Crippen molar-refractivity contribution >= 4 is 23.2 Å². The molecule has 1 N–H and O–H groups in total. The minimum atomic E-state index is 0.587. The lowest BCUT2D eigenvalue weighted by molar-refractivity contribution is 0.174. The molecule has 1 heterocycles. The second-order valence-corrected chi connectivity index (χ2v) is 6.85. The molecule has 0 amide bonds. The molecule has 0 bridgehead atoms. The second kappa shape index (κ2) is 7.65. The van der Waals surface area contributed by atoms with Crippen LogP contribution >= 0.6 is 23.2 Å². The van der Waals surface area contributed by atoms with Crippen molar-refractivity contribution in [3.63, 3.8) is 0 Å². The van der Waals surface area contributed by atoms with Gasteiger partial charge in [-0.1, -0.05) is 43.1 Å². The topological polar surface area (TPSA) is 15.3 Å². The third-order valence-corrected chi connectivity index (χ3v) is 4.65. The molecule has 1 aromatic rings. The number of halogens is 2. The summed E-state index contributed by atoms with van der Waals surface area (Å²) in [5.41, 5.74) is 1.25. The second-order valence-electron chi connectivity index (χ2n) is 6.03. The zero-order valence-electron chi connectivity index (χ0n) is 12.3. The van der Waals surface area contributed by atoms with Gasteiger partial charge in [0.15, 0.2) is 0 Å². The number of likely N-dealkylation sites (tertiary alicyclic amines) is 1. The van der Waals surface area contributed by atoms with E-state index in [1.165, 1.54) is 31.5 Å². The van der Waals surface area contributed by atoms with Gasteiger partial charge in [0.2, 0.25) is 0 Å². The van der Waals surface area contributed by atoms with Gasteiger partial charge in [-0.2, -0.15) is 0 Å². The van der Waals surface area contributed by atoms with Crippen LogP contribution in [0.2, 0.25) is 10.0 Å². The molecular weight excluding hydrogens is 291 g/mol. The van der Waals surface area contributed by atoms with E-state index in [2.05, 4.69) is 30.1 Å². The van der Waals surface area contributed by atoms with Crippen LogP contribution in [0.15, 0.2) is 18.2 Å². The predicted octanol–water partition coefficient (Wildman–Crippen LogP) is 4.20. The molecule has 20 heavy (non-hydrogen) atoms. The highest BCUT2D eigenvalue weighted by Crippen LogP contribution is 2.24. The van der Waals surface area contributed by atoms with Crippen LogP contribution in [0.3, 0.4) is 0 Å². The fourth-order valence-electron chi connectivity index (χ4n) is 2.65. The maximum absolute atomic E-state index is 6.07. The van der Waals surface area contributed by atoms with Crippen LogP contribution < -0.4 is 5.32 Å². The quantitative estimate of drug-likeness (QED) is 0.876. The maximum Gasteiger partial charge on any atom is 0.0595 e. The summed E-state index contributed by atoms with van der Waals surface area (Å²) in [5.74, 6) is 0.822. The Morgan fingerprint density at radius 2 is 1.90 bits per heavy atom. The molecule has 2 nitrogen and oxygen atoms in total. The highest BCUT2D eigenvalue weighted by Gasteiger charge is 2.19. The van der Waals surface area contributed by atoms with Crippen LogP contribution in [0.5, 0.6) is 0 Å². The van der Waals surface area contributed by atoms with E-state index in [0.717, 1.165) is 19.0 Å². The normalized spacial score (nSPS) is 17.9. The average molecular weight is 315 g/mol. The number of hydrogen-bond donors (Lipinski definition) is 1. The van der Waals surface area contributed by atoms with Crippen molar-refractivity contribution in [1.82, 2.24) is 10.2 Å². The monoisotopic (exact) mass is 314 g/mol. The van der Waals surface area contributed by atoms with Crippen molar-refractivity contribution in [2.75, 3.05) is 19.6 Å². The lowest BCUT2D eigenvalue weighted by atomic mass is 9.96. The summed E-state index contributed by atoms with van der Waals surface area (Å²) in [6.07, 6.45) is 2.56. The molecule has 0 aliphatic carbocycles. The molecule has 1 aromatic carbocycles. The van der Waals surface area contributed by atoms with Gasteiger partial charge in [-0.25, -0.2) is 0 Å². The first-order valence-electron chi connectivity index (χ1n) is 7.44. The number of benzene rings is 1. The van der Waals surface area contributed by atoms with E-state index >= 15 is 0 Å². The largest absolute Gasteiger partial charge is 0.314 e. The van der Waals surface area contributed by atoms with E-state index < -0.39 is 0 Å². The van der Waals surface area contributed by atoms with Gasteiger partial charge in [0.1, 0.15) is 0 Å². The van der Waals surface area contributed by atoms with Crippen LogP contribution in [0.25, 0.3) is 0 Å². The molecule has 0 radical (unpaired) electrons. The van der Waals surface area contributed by atoms with Gasteiger partial charge < -0.3 is 5.32 Å². The van der Waals surface area contributed by atoms with Crippen molar-refractivity contribution in [2.45, 2.75) is 39.3 Å². The summed E-state index contributed by atoms with van der Waals surface area (Å²) >= 11 is 12.0. The van der Waals surface area contributed by atoms with Gasteiger partial charge >= 0.3 is 0 Å². The lowest BCUT2D eigenvalue weighted by Gasteiger charge is -2.32. The van der Waals surface area contributed by atoms with Gasteiger partial charge in [-0.15, -0.1) is 0 Å². The van der Waals surface area contributed by atoms with Gasteiger partial charge in [-0.3, -0.25) is 4.90 Å². The Bertz CT molecular complexity index is 426. The van der Waals surface area contributed by atoms with E-state index in [9.17, 15) is 0 Å². The molecule has 0 saturated carbocycles. The van der Waals surface area contributed by atoms with Crippen molar-refractivity contribution in [3.8, 4) is 0 Å². The van der Waals surface area contributed by atoms with Crippen LogP contribution in [-0.2, 0) is 6.54 Å². The third kappa shape index (κ3) is 4.92. The minimum absolute atomic E-state index is 0.587. The first kappa shape index (κ1) is 16.1. The Morgan fingerprint density at radius 3 is 2.50 bits per heavy atom. The standard InChI is InChI=1S/C16H24Cl2N2/c1-12(2)19-10-13-5-7-20(8-6-13)11-14-3-4-15(17)16(18)9-14/h3-4,9,12-13,19H,5-8,10-11H2,1-2H3. The fraction of sp³-hybridized carbons (Fsp3) is 0.625. The molecule has 1 fully saturated rings. The first-order chi connectivity index (χ1) is 9.54. The van der Waals surface area contributed by atoms with Crippen molar-refractivity contribution in [2.24, 2.45) is 5.92 Å². The van der Waals surface area contributed by atoms with E-state index in [4.69, 9.17) is 23.2 Å². The number of nitrogens with zero attached hydrogens (tertiary/aromatic N) is 1. The van der Waals surface area contributed by atoms with Gasteiger partial charge in [0.05, 0.1) is 10.0 Å². The minimum Gasteiger partial charge on any atom is -0.314 e. The Hall–Kier alpha value is -0.280. The molecule has 1 aliphatic rings. The first-order valence-corrected chi connectivity index (χ1v) is 8.20. The molecule has 0 unspecified atom stereocenters. The molecule has 2 rings (SSSR count). The van der Waals surface area contributed by atoms with Crippen LogP contribution in [-0.4, -0.2) is 30.6 Å². The highest BCUT2D eigenvalue weighted by molar-refractivity contribution is 6.42. The molecule has 112 valence electrons. The van der Waals surface area contributed by atoms with E-state index in [1.807, 2.05) is 12.1 Å². The van der Waals surface area contributed by atoms with Gasteiger partial charge in [-0.05, 0) is 56.1 Å². The molecule has 1 saturated heterocycles. The summed E-state index contributed by atoms with van der Waals surface area (Å²) in [4.78, 5) is 2.51. The lowest BCUT2D eigenvalue weighted by Crippen LogP contribution is -2.38. The predicted molar refractivity (Wildman–Crippen MR) is 87.6 cm³/mol. The zero-order valence-corrected chi connectivity index (χ0v) is 13.8. The van der Waals surface area contributed by atoms with Crippen LogP contribution in [0.4, 0.5) is 0 Å². The summed E-state index contributed by atoms with van der Waals surface area (Å²) in [6.45, 7) is 8.88. The summed E-state index contributed by atoms with van der Waals surface area (Å²) < 4.78 is 0. The number of nitrogens with one attached hydrogen (secondary N) is 1. The molecule has 1 aliphatic heterocycles. The number of rotatable bonds is 5. The van der Waals surface area contributed by atoms with Gasteiger partial charge in [0.25, 0.3) is 0 Å². The summed E-state index contributed by atoms with van der Waals surface area (Å²) in [7, 11) is 0. The van der Waals surface area contributed by atoms with Crippen molar-refractivity contribution in [3.05, 3.63) is 33.8 Å². The number of hydrogen-bond acceptors (Lipinski definition) is 2. The molecule has 0 spiro atoms. The Labute approximate surface area is 132 Å². The molecule has 0 atom stereocenters. The Balaban J connectivity index is 1.77. The van der Waals surface area contributed by atoms with Crippen LogP contribution in [0, 0.1) is 5.92 Å². The third-order valence-electron chi connectivity index (χ3n) is 3.91. The zero-order chi connectivity index (χ0) is 14.5. The van der Waals surface area contributed by atoms with E-state index in [1.54, 1.807) is 0 Å². The van der Waals surface area contributed by atoms with Gasteiger partial charge in [0, 0.05) is 12.6 Å². The highest BCUT2D eigenvalue weighted by atomic mass is 35.5. The average Bonchev–Trinajstić information content (AvgIpc) is 2.42. The number of piperidine rings is 1. The Morgan fingerprint density at radius 1 is 1.20 bits per heavy atom. The summed E-state index contributed by atoms with van der Waals surface area (Å²) in [5, 5.41) is 4.83. The van der Waals surface area contributed by atoms with Crippen molar-refractivity contribution in [1.29, 1.82) is 0 Å².